The smallest absolute Gasteiger partial charge is 0.139 e. The predicted molar refractivity (Wildman–Crippen MR) is 52.5 cm³/mol. The van der Waals surface area contributed by atoms with Gasteiger partial charge in [-0.3, -0.25) is 9.69 Å². The van der Waals surface area contributed by atoms with Gasteiger partial charge in [0.1, 0.15) is 5.78 Å². The van der Waals surface area contributed by atoms with Crippen molar-refractivity contribution in [2.24, 2.45) is 11.8 Å². The maximum absolute atomic E-state index is 11.8. The highest BCUT2D eigenvalue weighted by Crippen LogP contribution is 2.38. The van der Waals surface area contributed by atoms with Gasteiger partial charge in [-0.05, 0) is 25.8 Å². The molecule has 1 unspecified atom stereocenters. The molecule has 0 saturated carbocycles. The first kappa shape index (κ1) is 9.20. The molecule has 2 aliphatic heterocycles. The maximum atomic E-state index is 11.8. The molecule has 0 aromatic carbocycles. The van der Waals surface area contributed by atoms with Crippen LogP contribution in [0.25, 0.3) is 0 Å². The average molecular weight is 181 g/mol. The second-order valence-corrected chi connectivity index (χ2v) is 4.90. The molecule has 2 fully saturated rings. The van der Waals surface area contributed by atoms with Gasteiger partial charge in [-0.15, -0.1) is 0 Å². The molecular weight excluding hydrogens is 162 g/mol. The summed E-state index contributed by atoms with van der Waals surface area (Å²) in [5.41, 5.74) is 0. The van der Waals surface area contributed by atoms with Crippen LogP contribution < -0.4 is 0 Å². The highest BCUT2D eigenvalue weighted by Gasteiger charge is 2.45. The fourth-order valence-electron chi connectivity index (χ4n) is 3.12. The Morgan fingerprint density at radius 3 is 2.69 bits per heavy atom. The summed E-state index contributed by atoms with van der Waals surface area (Å²) < 4.78 is 0. The number of piperidine rings is 1. The third-order valence-corrected chi connectivity index (χ3v) is 3.84. The van der Waals surface area contributed by atoms with E-state index < -0.39 is 0 Å². The molecule has 2 nitrogen and oxygen atoms in total. The minimum atomic E-state index is 0.309. The van der Waals surface area contributed by atoms with Crippen LogP contribution in [0.2, 0.25) is 0 Å². The van der Waals surface area contributed by atoms with Gasteiger partial charge < -0.3 is 0 Å². The summed E-state index contributed by atoms with van der Waals surface area (Å²) in [5.74, 6) is 1.34. The van der Waals surface area contributed by atoms with E-state index in [1.807, 2.05) is 0 Å². The van der Waals surface area contributed by atoms with Crippen molar-refractivity contribution in [1.82, 2.24) is 4.90 Å². The van der Waals surface area contributed by atoms with Crippen molar-refractivity contribution in [3.05, 3.63) is 0 Å². The van der Waals surface area contributed by atoms with E-state index in [-0.39, 0.29) is 0 Å². The van der Waals surface area contributed by atoms with Crippen molar-refractivity contribution in [2.45, 2.75) is 45.2 Å². The first-order valence-corrected chi connectivity index (χ1v) is 5.36. The van der Waals surface area contributed by atoms with Crippen molar-refractivity contribution in [3.63, 3.8) is 0 Å². The molecule has 0 amide bonds. The van der Waals surface area contributed by atoms with Gasteiger partial charge in [0, 0.05) is 24.4 Å². The third-order valence-electron chi connectivity index (χ3n) is 3.84. The lowest BCUT2D eigenvalue weighted by atomic mass is 9.81. The Morgan fingerprint density at radius 1 is 1.38 bits per heavy atom. The molecule has 74 valence electrons. The molecule has 2 heterocycles. The van der Waals surface area contributed by atoms with E-state index in [1.54, 1.807) is 0 Å². The molecule has 0 N–H and O–H groups in total. The lowest BCUT2D eigenvalue weighted by molar-refractivity contribution is -0.130. The van der Waals surface area contributed by atoms with Gasteiger partial charge in [0.05, 0.1) is 0 Å². The number of carbonyl (C=O) groups is 1. The predicted octanol–water partition coefficient (Wildman–Crippen LogP) is 1.69. The van der Waals surface area contributed by atoms with Crippen LogP contribution in [-0.2, 0) is 4.79 Å². The Morgan fingerprint density at radius 2 is 2.08 bits per heavy atom. The molecule has 2 aliphatic rings. The van der Waals surface area contributed by atoms with Gasteiger partial charge in [-0.2, -0.15) is 0 Å². The number of fused-ring (bicyclic) bond motifs is 2. The largest absolute Gasteiger partial charge is 0.299 e. The maximum Gasteiger partial charge on any atom is 0.139 e. The lowest BCUT2D eigenvalue weighted by Gasteiger charge is -2.38. The van der Waals surface area contributed by atoms with Crippen molar-refractivity contribution < 1.29 is 4.79 Å². The second-order valence-electron chi connectivity index (χ2n) is 4.90. The van der Waals surface area contributed by atoms with Gasteiger partial charge in [0.25, 0.3) is 0 Å². The summed E-state index contributed by atoms with van der Waals surface area (Å²) in [7, 11) is 2.18. The fraction of sp³-hybridized carbons (Fsp3) is 0.909. The van der Waals surface area contributed by atoms with Crippen LogP contribution in [0.1, 0.15) is 33.1 Å². The summed E-state index contributed by atoms with van der Waals surface area (Å²) in [6, 6.07) is 1.11. The van der Waals surface area contributed by atoms with Crippen molar-refractivity contribution in [3.8, 4) is 0 Å². The molecule has 0 radical (unpaired) electrons. The Hall–Kier alpha value is -0.370. The quantitative estimate of drug-likeness (QED) is 0.613. The van der Waals surface area contributed by atoms with E-state index in [0.717, 1.165) is 6.42 Å². The van der Waals surface area contributed by atoms with E-state index in [1.165, 1.54) is 12.8 Å². The van der Waals surface area contributed by atoms with Gasteiger partial charge in [0.2, 0.25) is 0 Å². The molecule has 0 aromatic rings. The Balaban J connectivity index is 2.22. The monoisotopic (exact) mass is 181 g/mol. The Bertz CT molecular complexity index is 224. The minimum absolute atomic E-state index is 0.309. The molecular formula is C11H19NO. The number of hydrogen-bond acceptors (Lipinski definition) is 2. The number of nitrogens with zero attached hydrogens (tertiary/aromatic N) is 1. The average Bonchev–Trinajstić information content (AvgIpc) is 2.34. The topological polar surface area (TPSA) is 20.3 Å². The Kier molecular flexibility index (Phi) is 2.18. The summed E-state index contributed by atoms with van der Waals surface area (Å²) in [5, 5.41) is 0. The van der Waals surface area contributed by atoms with Gasteiger partial charge in [-0.1, -0.05) is 13.8 Å². The Labute approximate surface area is 80.3 Å². The van der Waals surface area contributed by atoms with Crippen LogP contribution >= 0.6 is 0 Å². The van der Waals surface area contributed by atoms with Crippen LogP contribution in [0.15, 0.2) is 0 Å². The molecule has 2 heteroatoms. The number of hydrogen-bond donors (Lipinski definition) is 0. The first-order valence-electron chi connectivity index (χ1n) is 5.36. The number of rotatable bonds is 1. The highest BCUT2D eigenvalue weighted by molar-refractivity contribution is 5.83. The van der Waals surface area contributed by atoms with Crippen LogP contribution in [0, 0.1) is 11.8 Å². The van der Waals surface area contributed by atoms with E-state index in [0.29, 0.717) is 29.7 Å². The van der Waals surface area contributed by atoms with Gasteiger partial charge in [-0.25, -0.2) is 0 Å². The van der Waals surface area contributed by atoms with E-state index >= 15 is 0 Å². The fourth-order valence-corrected chi connectivity index (χ4v) is 3.12. The second kappa shape index (κ2) is 3.09. The van der Waals surface area contributed by atoms with Crippen molar-refractivity contribution in [1.29, 1.82) is 0 Å². The summed E-state index contributed by atoms with van der Waals surface area (Å²) >= 11 is 0. The van der Waals surface area contributed by atoms with E-state index in [9.17, 15) is 4.79 Å². The van der Waals surface area contributed by atoms with E-state index in [4.69, 9.17) is 0 Å². The van der Waals surface area contributed by atoms with Crippen molar-refractivity contribution in [2.75, 3.05) is 7.05 Å². The van der Waals surface area contributed by atoms with Gasteiger partial charge in [0.15, 0.2) is 0 Å². The molecule has 2 rings (SSSR count). The summed E-state index contributed by atoms with van der Waals surface area (Å²) in [6.07, 6.45) is 3.27. The highest BCUT2D eigenvalue weighted by atomic mass is 16.1. The molecule has 0 aliphatic carbocycles. The molecule has 0 aromatic heterocycles. The van der Waals surface area contributed by atoms with Crippen LogP contribution in [0.4, 0.5) is 0 Å². The number of carbonyl (C=O) groups excluding carboxylic acids is 1. The molecule has 0 spiro atoms. The molecule has 2 saturated heterocycles. The zero-order valence-electron chi connectivity index (χ0n) is 8.79. The summed E-state index contributed by atoms with van der Waals surface area (Å²) in [6.45, 7) is 4.35. The summed E-state index contributed by atoms with van der Waals surface area (Å²) in [4.78, 5) is 14.3. The van der Waals surface area contributed by atoms with Crippen LogP contribution in [0.5, 0.6) is 0 Å². The molecule has 2 bridgehead atoms. The normalized spacial score (nSPS) is 40.3. The minimum Gasteiger partial charge on any atom is -0.299 e. The van der Waals surface area contributed by atoms with Crippen LogP contribution in [-0.4, -0.2) is 29.8 Å². The zero-order chi connectivity index (χ0) is 9.59. The first-order chi connectivity index (χ1) is 6.11. The lowest BCUT2D eigenvalue weighted by Crippen LogP contribution is -2.48. The molecule has 3 atom stereocenters. The number of Topliss-reactive ketones (excluding diaryl/α,β-unsaturated/α-hetero) is 1. The van der Waals surface area contributed by atoms with Crippen molar-refractivity contribution >= 4 is 5.78 Å². The number of ketones is 1. The van der Waals surface area contributed by atoms with E-state index in [2.05, 4.69) is 25.8 Å². The van der Waals surface area contributed by atoms with Crippen LogP contribution in [0.3, 0.4) is 0 Å². The van der Waals surface area contributed by atoms with Gasteiger partial charge >= 0.3 is 0 Å². The SMILES string of the molecule is CC(C)C1C(=O)C[C@H]2CC[C@@H]1N2C. The third kappa shape index (κ3) is 1.32. The molecule has 13 heavy (non-hydrogen) atoms. The standard InChI is InChI=1S/C11H19NO/c1-7(2)11-9-5-4-8(12(9)3)6-10(11)13/h7-9,11H,4-6H2,1-3H3/t8-,9+,11?/m1/s1. The zero-order valence-corrected chi connectivity index (χ0v) is 8.79.